The highest BCUT2D eigenvalue weighted by Gasteiger charge is 2.16. The molecule has 0 aromatic heterocycles. The molecule has 0 radical (unpaired) electrons. The minimum atomic E-state index is -4.11. The van der Waals surface area contributed by atoms with Gasteiger partial charge in [0, 0.05) is 23.6 Å². The van der Waals surface area contributed by atoms with Gasteiger partial charge in [0.15, 0.2) is 0 Å². The van der Waals surface area contributed by atoms with E-state index < -0.39 is 31.7 Å². The lowest BCUT2D eigenvalue weighted by molar-refractivity contribution is 0.340. The van der Waals surface area contributed by atoms with Crippen molar-refractivity contribution in [1.29, 1.82) is 0 Å². The van der Waals surface area contributed by atoms with Crippen LogP contribution in [0, 0.1) is 6.92 Å². The molecule has 0 aliphatic heterocycles. The molecule has 0 fully saturated rings. The fourth-order valence-corrected chi connectivity index (χ4v) is 5.47. The molecular formula is C33H37N3O7S2. The predicted octanol–water partition coefficient (Wildman–Crippen LogP) is 6.08. The van der Waals surface area contributed by atoms with Crippen molar-refractivity contribution >= 4 is 48.6 Å². The van der Waals surface area contributed by atoms with Gasteiger partial charge in [-0.1, -0.05) is 24.3 Å². The summed E-state index contributed by atoms with van der Waals surface area (Å²) < 4.78 is 68.2. The fourth-order valence-electron chi connectivity index (χ4n) is 4.79. The minimum absolute atomic E-state index is 0.0519. The standard InChI is InChI=1S/C33H37N3O7S2/c1-4-43-30-13-11-29(12-14-30)36-28-9-5-25(6-10-28)33(26-7-15-31(23(2)21-26)34-17-19-44(37,38)39)27-8-16-32(24(3)22-27)35-18-20-45(40,41)42/h5-16,21-22,34,36H,4,17-20H2,1-3H3,(H,37,38,39)(H,40,41,42). The molecule has 1 aliphatic carbocycles. The van der Waals surface area contributed by atoms with Crippen molar-refractivity contribution in [2.24, 2.45) is 4.99 Å². The second-order valence-electron chi connectivity index (χ2n) is 10.4. The summed E-state index contributed by atoms with van der Waals surface area (Å²) in [6.07, 6.45) is 5.74. The number of rotatable bonds is 13. The number of allylic oxidation sites excluding steroid dienone is 5. The maximum atomic E-state index is 11.1. The largest absolute Gasteiger partial charge is 0.494 e. The fraction of sp³-hybridized carbons (Fsp3) is 0.242. The summed E-state index contributed by atoms with van der Waals surface area (Å²) in [5, 5.41) is 6.47. The summed E-state index contributed by atoms with van der Waals surface area (Å²) in [6.45, 7) is 6.38. The number of anilines is 3. The van der Waals surface area contributed by atoms with Crippen LogP contribution in [-0.2, 0) is 20.2 Å². The van der Waals surface area contributed by atoms with Crippen LogP contribution in [-0.4, -0.2) is 62.9 Å². The molecule has 10 nitrogen and oxygen atoms in total. The number of hydrogen-bond donors (Lipinski definition) is 4. The average Bonchev–Trinajstić information content (AvgIpc) is 2.96. The van der Waals surface area contributed by atoms with E-state index in [9.17, 15) is 16.8 Å². The van der Waals surface area contributed by atoms with Crippen LogP contribution >= 0.6 is 0 Å². The number of ether oxygens (including phenoxy) is 1. The Morgan fingerprint density at radius 1 is 0.822 bits per heavy atom. The van der Waals surface area contributed by atoms with Gasteiger partial charge in [0.2, 0.25) is 0 Å². The topological polar surface area (TPSA) is 154 Å². The molecule has 3 aromatic carbocycles. The lowest BCUT2D eigenvalue weighted by atomic mass is 9.88. The van der Waals surface area contributed by atoms with Crippen LogP contribution in [0.3, 0.4) is 0 Å². The van der Waals surface area contributed by atoms with Crippen LogP contribution < -0.4 is 15.4 Å². The van der Waals surface area contributed by atoms with Crippen molar-refractivity contribution < 1.29 is 30.7 Å². The van der Waals surface area contributed by atoms with E-state index in [0.717, 1.165) is 56.2 Å². The van der Waals surface area contributed by atoms with E-state index in [2.05, 4.69) is 15.6 Å². The number of aliphatic imine (C=N–C) groups is 1. The highest BCUT2D eigenvalue weighted by Crippen LogP contribution is 2.34. The molecule has 3 aromatic rings. The molecule has 12 heteroatoms. The maximum absolute atomic E-state index is 11.1. The molecule has 0 saturated carbocycles. The van der Waals surface area contributed by atoms with Crippen molar-refractivity contribution in [2.75, 3.05) is 41.8 Å². The van der Waals surface area contributed by atoms with Crippen molar-refractivity contribution in [2.45, 2.75) is 20.8 Å². The van der Waals surface area contributed by atoms with E-state index in [4.69, 9.17) is 13.8 Å². The molecule has 0 bridgehead atoms. The van der Waals surface area contributed by atoms with Crippen LogP contribution in [0.5, 0.6) is 5.75 Å². The van der Waals surface area contributed by atoms with Gasteiger partial charge in [-0.25, -0.2) is 0 Å². The Morgan fingerprint density at radius 2 is 1.44 bits per heavy atom. The highest BCUT2D eigenvalue weighted by molar-refractivity contribution is 7.86. The van der Waals surface area contributed by atoms with Crippen molar-refractivity contribution in [3.05, 3.63) is 113 Å². The number of nitrogens with one attached hydrogen (secondary N) is 2. The lowest BCUT2D eigenvalue weighted by Crippen LogP contribution is -2.15. The summed E-state index contributed by atoms with van der Waals surface area (Å²) in [7, 11) is -8.18. The summed E-state index contributed by atoms with van der Waals surface area (Å²) in [5.74, 6) is -0.0455. The summed E-state index contributed by atoms with van der Waals surface area (Å²) in [6, 6.07) is 21.6. The van der Waals surface area contributed by atoms with Gasteiger partial charge < -0.3 is 15.4 Å². The van der Waals surface area contributed by atoms with Crippen molar-refractivity contribution in [3.63, 3.8) is 0 Å². The first kappa shape index (κ1) is 33.7. The minimum Gasteiger partial charge on any atom is -0.494 e. The van der Waals surface area contributed by atoms with Crippen molar-refractivity contribution in [1.82, 2.24) is 0 Å². The molecule has 238 valence electrons. The molecule has 0 atom stereocenters. The Hall–Kier alpha value is -4.23. The number of benzene rings is 3. The van der Waals surface area contributed by atoms with Crippen LogP contribution in [0.15, 0.2) is 101 Å². The number of hydrogen-bond acceptors (Lipinski definition) is 8. The Bertz CT molecular complexity index is 1860. The van der Waals surface area contributed by atoms with Crippen LogP contribution in [0.1, 0.15) is 30.5 Å². The van der Waals surface area contributed by atoms with Gasteiger partial charge in [0.25, 0.3) is 20.2 Å². The second-order valence-corrected chi connectivity index (χ2v) is 13.6. The van der Waals surface area contributed by atoms with E-state index in [1.807, 2.05) is 106 Å². The van der Waals surface area contributed by atoms with Gasteiger partial charge in [0.1, 0.15) is 5.75 Å². The zero-order valence-corrected chi connectivity index (χ0v) is 27.0. The van der Waals surface area contributed by atoms with E-state index in [-0.39, 0.29) is 13.1 Å². The summed E-state index contributed by atoms with van der Waals surface area (Å²) in [5.41, 5.74) is 8.68. The van der Waals surface area contributed by atoms with Gasteiger partial charge in [0.05, 0.1) is 30.4 Å². The van der Waals surface area contributed by atoms with Gasteiger partial charge in [-0.3, -0.25) is 14.1 Å². The normalized spacial score (nSPS) is 15.5. The molecule has 0 saturated heterocycles. The zero-order valence-electron chi connectivity index (χ0n) is 25.3. The van der Waals surface area contributed by atoms with Crippen LogP contribution in [0.25, 0.3) is 5.57 Å². The third kappa shape index (κ3) is 10.1. The highest BCUT2D eigenvalue weighted by atomic mass is 32.2. The summed E-state index contributed by atoms with van der Waals surface area (Å²) in [4.78, 5) is 4.34. The Kier molecular flexibility index (Phi) is 11.0. The molecule has 1 aliphatic rings. The van der Waals surface area contributed by atoms with E-state index in [1.165, 1.54) is 0 Å². The summed E-state index contributed by atoms with van der Waals surface area (Å²) >= 11 is 0. The van der Waals surface area contributed by atoms with Gasteiger partial charge in [-0.15, -0.1) is 0 Å². The quantitative estimate of drug-likeness (QED) is 0.161. The van der Waals surface area contributed by atoms with Crippen LogP contribution in [0.4, 0.5) is 17.1 Å². The molecule has 45 heavy (non-hydrogen) atoms. The Balaban J connectivity index is 1.67. The molecule has 0 amide bonds. The van der Waals surface area contributed by atoms with Gasteiger partial charge >= 0.3 is 0 Å². The van der Waals surface area contributed by atoms with E-state index >= 15 is 0 Å². The Morgan fingerprint density at radius 3 is 2.02 bits per heavy atom. The van der Waals surface area contributed by atoms with Gasteiger partial charge in [-0.2, -0.15) is 16.8 Å². The van der Waals surface area contributed by atoms with Crippen LogP contribution in [0.2, 0.25) is 0 Å². The lowest BCUT2D eigenvalue weighted by Gasteiger charge is -2.18. The van der Waals surface area contributed by atoms with Crippen molar-refractivity contribution in [3.8, 4) is 5.75 Å². The van der Waals surface area contributed by atoms with E-state index in [0.29, 0.717) is 12.3 Å². The first-order valence-electron chi connectivity index (χ1n) is 14.3. The smallest absolute Gasteiger partial charge is 0.266 e. The zero-order chi connectivity index (χ0) is 32.6. The first-order chi connectivity index (χ1) is 21.3. The first-order valence-corrected chi connectivity index (χ1v) is 17.5. The molecule has 4 rings (SSSR count). The van der Waals surface area contributed by atoms with Gasteiger partial charge in [-0.05, 0) is 115 Å². The van der Waals surface area contributed by atoms with E-state index in [1.54, 1.807) is 0 Å². The third-order valence-corrected chi connectivity index (χ3v) is 8.35. The molecule has 0 unspecified atom stereocenters. The number of nitrogens with zero attached hydrogens (tertiary/aromatic N) is 1. The third-order valence-electron chi connectivity index (χ3n) is 6.93. The molecular weight excluding hydrogens is 615 g/mol. The number of aryl methyl sites for hydroxylation is 1. The molecule has 0 spiro atoms. The second kappa shape index (κ2) is 14.7. The predicted molar refractivity (Wildman–Crippen MR) is 181 cm³/mol. The molecule has 0 heterocycles. The Labute approximate surface area is 264 Å². The SMILES string of the molecule is CCOc1ccc(Nc2ccc(C(=C3C=CC(=NCCS(=O)(=O)O)C(C)=C3)c3ccc(NCCS(=O)(=O)O)c(C)c3)cc2)cc1. The average molecular weight is 652 g/mol. The molecule has 4 N–H and O–H groups in total. The maximum Gasteiger partial charge on any atom is 0.266 e. The monoisotopic (exact) mass is 651 g/mol.